The zero-order valence-corrected chi connectivity index (χ0v) is 14.6. The van der Waals surface area contributed by atoms with Crippen molar-refractivity contribution in [2.24, 2.45) is 5.41 Å². The molecular weight excluding hydrogens is 236 g/mol. The van der Waals surface area contributed by atoms with Gasteiger partial charge in [0.05, 0.1) is 0 Å². The van der Waals surface area contributed by atoms with Crippen LogP contribution in [0.25, 0.3) is 0 Å². The van der Waals surface area contributed by atoms with Gasteiger partial charge in [0.1, 0.15) is 8.07 Å². The molecule has 0 atom stereocenters. The molecule has 0 heterocycles. The van der Waals surface area contributed by atoms with E-state index in [0.29, 0.717) is 16.6 Å². The molecule has 0 saturated heterocycles. The summed E-state index contributed by atoms with van der Waals surface area (Å²) in [7, 11) is -1.75. The van der Waals surface area contributed by atoms with E-state index in [1.807, 2.05) is 20.8 Å². The van der Waals surface area contributed by atoms with E-state index in [-0.39, 0.29) is 11.2 Å². The number of ketones is 1. The van der Waals surface area contributed by atoms with Crippen molar-refractivity contribution in [1.29, 1.82) is 0 Å². The van der Waals surface area contributed by atoms with E-state index in [9.17, 15) is 4.79 Å². The Morgan fingerprint density at radius 3 is 1.44 bits per heavy atom. The molecule has 0 aromatic rings. The van der Waals surface area contributed by atoms with E-state index in [1.54, 1.807) is 0 Å². The van der Waals surface area contributed by atoms with Gasteiger partial charge >= 0.3 is 0 Å². The highest BCUT2D eigenvalue weighted by Crippen LogP contribution is 2.40. The molecule has 0 N–H and O–H groups in total. The van der Waals surface area contributed by atoms with Crippen molar-refractivity contribution in [1.82, 2.24) is 0 Å². The predicted octanol–water partition coefficient (Wildman–Crippen LogP) is 4.82. The fourth-order valence-electron chi connectivity index (χ4n) is 2.79. The smallest absolute Gasteiger partial charge is 0.210 e. The molecule has 0 fully saturated rings. The average Bonchev–Trinajstić information content (AvgIpc) is 2.14. The summed E-state index contributed by atoms with van der Waals surface area (Å²) in [5, 5.41) is 0. The molecule has 0 aromatic heterocycles. The monoisotopic (exact) mass is 266 g/mol. The Bertz CT molecular complexity index is 326. The van der Waals surface area contributed by atoms with Gasteiger partial charge in [-0.25, -0.2) is 0 Å². The molecule has 0 bridgehead atoms. The second-order valence-corrected chi connectivity index (χ2v) is 12.8. The van der Waals surface area contributed by atoms with Crippen molar-refractivity contribution >= 4 is 13.9 Å². The Hall–Kier alpha value is -0.553. The Kier molecular flexibility index (Phi) is 5.87. The summed E-state index contributed by atoms with van der Waals surface area (Å²) >= 11 is 0. The van der Waals surface area contributed by atoms with Crippen molar-refractivity contribution in [2.75, 3.05) is 0 Å². The van der Waals surface area contributed by atoms with E-state index in [2.05, 4.69) is 53.0 Å². The minimum Gasteiger partial charge on any atom is -0.284 e. The van der Waals surface area contributed by atoms with Crippen molar-refractivity contribution < 1.29 is 4.79 Å². The third-order valence-corrected chi connectivity index (χ3v) is 10.2. The minimum atomic E-state index is -1.75. The topological polar surface area (TPSA) is 17.1 Å². The second-order valence-electron chi connectivity index (χ2n) is 7.23. The average molecular weight is 267 g/mol. The molecule has 104 valence electrons. The zero-order valence-electron chi connectivity index (χ0n) is 13.6. The lowest BCUT2D eigenvalue weighted by atomic mass is 9.91. The first-order valence-electron chi connectivity index (χ1n) is 7.03. The third kappa shape index (κ3) is 3.72. The van der Waals surface area contributed by atoms with Gasteiger partial charge in [0.25, 0.3) is 0 Å². The molecule has 0 aliphatic heterocycles. The van der Waals surface area contributed by atoms with Crippen LogP contribution < -0.4 is 0 Å². The number of hydrogen-bond donors (Lipinski definition) is 0. The van der Waals surface area contributed by atoms with Crippen molar-refractivity contribution in [3.63, 3.8) is 0 Å². The number of Topliss-reactive ketones (excluding diaryl/α,β-unsaturated/α-hetero) is 1. The lowest BCUT2D eigenvalue weighted by molar-refractivity contribution is -0.120. The molecule has 0 aliphatic carbocycles. The Labute approximate surface area is 115 Å². The number of rotatable bonds is 3. The van der Waals surface area contributed by atoms with Gasteiger partial charge in [0, 0.05) is 5.41 Å². The highest BCUT2D eigenvalue weighted by atomic mass is 28.3. The van der Waals surface area contributed by atoms with E-state index >= 15 is 0 Å². The van der Waals surface area contributed by atoms with Gasteiger partial charge in [-0.3, -0.25) is 4.79 Å². The number of hydrogen-bond acceptors (Lipinski definition) is 1. The molecule has 0 unspecified atom stereocenters. The zero-order chi connectivity index (χ0) is 14.7. The molecule has 0 radical (unpaired) electrons. The lowest BCUT2D eigenvalue weighted by Crippen LogP contribution is -2.43. The van der Waals surface area contributed by atoms with Crippen LogP contribution >= 0.6 is 0 Å². The summed E-state index contributed by atoms with van der Waals surface area (Å²) in [4.78, 5) is 12.0. The molecule has 1 nitrogen and oxygen atoms in total. The molecule has 0 spiro atoms. The summed E-state index contributed by atoms with van der Waals surface area (Å²) in [6.45, 7) is 19.4. The fraction of sp³-hybridized carbons (Fsp3) is 0.812. The summed E-state index contributed by atoms with van der Waals surface area (Å²) in [5.41, 5.74) is 4.87. The SMILES string of the molecule is CC(C)[Si](C#CC(=O)C(C)(C)C)(C(C)C)C(C)C. The van der Waals surface area contributed by atoms with Crippen molar-refractivity contribution in [3.8, 4) is 11.5 Å². The maximum Gasteiger partial charge on any atom is 0.210 e. The predicted molar refractivity (Wildman–Crippen MR) is 83.3 cm³/mol. The van der Waals surface area contributed by atoms with Crippen LogP contribution in [0.15, 0.2) is 0 Å². The standard InChI is InChI=1S/C16H30OSi/c1-12(2)18(13(3)4,14(5)6)11-10-15(17)16(7,8)9/h12-14H,1-9H3. The van der Waals surface area contributed by atoms with Gasteiger partial charge in [0.2, 0.25) is 5.78 Å². The van der Waals surface area contributed by atoms with Gasteiger partial charge in [-0.15, -0.1) is 5.54 Å². The normalized spacial score (nSPS) is 12.9. The first kappa shape index (κ1) is 17.4. The Balaban J connectivity index is 5.54. The largest absolute Gasteiger partial charge is 0.284 e. The molecule has 0 aliphatic rings. The van der Waals surface area contributed by atoms with E-state index in [4.69, 9.17) is 0 Å². The van der Waals surface area contributed by atoms with Crippen LogP contribution in [0.4, 0.5) is 0 Å². The number of carbonyl (C=O) groups excluding carboxylic acids is 1. The first-order valence-corrected chi connectivity index (χ1v) is 9.27. The van der Waals surface area contributed by atoms with Gasteiger partial charge in [-0.1, -0.05) is 62.3 Å². The lowest BCUT2D eigenvalue weighted by Gasteiger charge is -2.38. The van der Waals surface area contributed by atoms with Crippen LogP contribution in [0.1, 0.15) is 62.3 Å². The summed E-state index contributed by atoms with van der Waals surface area (Å²) in [5.74, 6) is 3.05. The molecule has 0 amide bonds. The molecular formula is C16H30OSi. The van der Waals surface area contributed by atoms with Crippen LogP contribution in [0.2, 0.25) is 16.6 Å². The quantitative estimate of drug-likeness (QED) is 0.528. The van der Waals surface area contributed by atoms with Gasteiger partial charge < -0.3 is 0 Å². The van der Waals surface area contributed by atoms with Crippen LogP contribution in [0, 0.1) is 16.9 Å². The van der Waals surface area contributed by atoms with E-state index in [0.717, 1.165) is 0 Å². The highest BCUT2D eigenvalue weighted by Gasteiger charge is 2.42. The first-order chi connectivity index (χ1) is 7.96. The molecule has 18 heavy (non-hydrogen) atoms. The van der Waals surface area contributed by atoms with Gasteiger partial charge in [0.15, 0.2) is 0 Å². The van der Waals surface area contributed by atoms with Crippen molar-refractivity contribution in [2.45, 2.75) is 78.9 Å². The molecule has 0 saturated carbocycles. The summed E-state index contributed by atoms with van der Waals surface area (Å²) < 4.78 is 0. The van der Waals surface area contributed by atoms with Gasteiger partial charge in [-0.05, 0) is 22.5 Å². The van der Waals surface area contributed by atoms with Crippen molar-refractivity contribution in [3.05, 3.63) is 0 Å². The number of carbonyl (C=O) groups is 1. The summed E-state index contributed by atoms with van der Waals surface area (Å²) in [6, 6.07) is 0. The third-order valence-electron chi connectivity index (χ3n) is 3.94. The highest BCUT2D eigenvalue weighted by molar-refractivity contribution is 6.90. The second kappa shape index (κ2) is 6.06. The molecule has 2 heteroatoms. The van der Waals surface area contributed by atoms with Crippen LogP contribution in [-0.2, 0) is 4.79 Å². The van der Waals surface area contributed by atoms with Gasteiger partial charge in [-0.2, -0.15) is 0 Å². The van der Waals surface area contributed by atoms with E-state index in [1.165, 1.54) is 0 Å². The van der Waals surface area contributed by atoms with Crippen LogP contribution in [-0.4, -0.2) is 13.9 Å². The maximum absolute atomic E-state index is 12.0. The van der Waals surface area contributed by atoms with Crippen LogP contribution in [0.3, 0.4) is 0 Å². The molecule has 0 rings (SSSR count). The Morgan fingerprint density at radius 2 is 1.22 bits per heavy atom. The minimum absolute atomic E-state index is 0.0707. The summed E-state index contributed by atoms with van der Waals surface area (Å²) in [6.07, 6.45) is 0. The fourth-order valence-corrected chi connectivity index (χ4v) is 7.98. The maximum atomic E-state index is 12.0. The van der Waals surface area contributed by atoms with Crippen LogP contribution in [0.5, 0.6) is 0 Å². The molecule has 0 aromatic carbocycles. The Morgan fingerprint density at radius 1 is 0.889 bits per heavy atom. The van der Waals surface area contributed by atoms with E-state index < -0.39 is 8.07 Å².